The van der Waals surface area contributed by atoms with E-state index >= 15 is 0 Å². The summed E-state index contributed by atoms with van der Waals surface area (Å²) in [5, 5.41) is 11.1. The van der Waals surface area contributed by atoms with E-state index in [9.17, 15) is 24.5 Å². The van der Waals surface area contributed by atoms with Crippen LogP contribution in [0, 0.1) is 33.8 Å². The van der Waals surface area contributed by atoms with Crippen LogP contribution in [0.5, 0.6) is 5.75 Å². The van der Waals surface area contributed by atoms with Crippen molar-refractivity contribution in [2.45, 2.75) is 6.42 Å². The quantitative estimate of drug-likeness (QED) is 0.205. The predicted octanol–water partition coefficient (Wildman–Crippen LogP) is 1.83. The molecule has 2 aliphatic carbocycles. The number of hydrogen-bond acceptors (Lipinski definition) is 7. The molecule has 1 aromatic carbocycles. The van der Waals surface area contributed by atoms with Crippen LogP contribution in [-0.4, -0.2) is 28.0 Å². The van der Waals surface area contributed by atoms with Gasteiger partial charge >= 0.3 is 6.16 Å². The Balaban J connectivity index is 1.42. The molecule has 0 N–H and O–H groups in total. The van der Waals surface area contributed by atoms with E-state index in [1.54, 1.807) is 0 Å². The smallest absolute Gasteiger partial charge is 0.393 e. The summed E-state index contributed by atoms with van der Waals surface area (Å²) in [5.41, 5.74) is -0.165. The number of imide groups is 1. The standard InChI is InChI=1S/C16H12N2O7/c19-14-12-8-1-2-9(7-8)13(12)15(20)17(14)25-16(21)24-11-5-3-10(4-6-11)18(22)23/h1-6,8-9,12-13H,7H2. The number of benzene rings is 1. The Morgan fingerprint density at radius 3 is 2.16 bits per heavy atom. The van der Waals surface area contributed by atoms with Crippen LogP contribution in [-0.2, 0) is 14.4 Å². The lowest BCUT2D eigenvalue weighted by Crippen LogP contribution is -2.36. The van der Waals surface area contributed by atoms with Gasteiger partial charge in [-0.2, -0.15) is 0 Å². The molecule has 1 heterocycles. The van der Waals surface area contributed by atoms with Crippen LogP contribution in [0.4, 0.5) is 10.5 Å². The Hall–Kier alpha value is -3.23. The normalized spacial score (nSPS) is 29.0. The zero-order chi connectivity index (χ0) is 17.7. The first-order valence-electron chi connectivity index (χ1n) is 7.66. The molecule has 2 fully saturated rings. The molecule has 0 radical (unpaired) electrons. The van der Waals surface area contributed by atoms with E-state index in [1.807, 2.05) is 12.2 Å². The number of carbonyl (C=O) groups is 3. The van der Waals surface area contributed by atoms with Crippen molar-refractivity contribution in [2.24, 2.45) is 23.7 Å². The highest BCUT2D eigenvalue weighted by Crippen LogP contribution is 2.52. The van der Waals surface area contributed by atoms with Crippen LogP contribution in [0.3, 0.4) is 0 Å². The third-order valence-electron chi connectivity index (χ3n) is 4.84. The topological polar surface area (TPSA) is 116 Å². The zero-order valence-corrected chi connectivity index (χ0v) is 12.7. The third kappa shape index (κ3) is 2.35. The van der Waals surface area contributed by atoms with Crippen LogP contribution in [0.1, 0.15) is 6.42 Å². The summed E-state index contributed by atoms with van der Waals surface area (Å²) < 4.78 is 4.85. The molecule has 0 aromatic heterocycles. The molecule has 128 valence electrons. The minimum Gasteiger partial charge on any atom is -0.393 e. The van der Waals surface area contributed by atoms with E-state index in [2.05, 4.69) is 0 Å². The fourth-order valence-electron chi connectivity index (χ4n) is 3.79. The van der Waals surface area contributed by atoms with Gasteiger partial charge in [0.15, 0.2) is 0 Å². The average molecular weight is 344 g/mol. The minimum absolute atomic E-state index is 0.00312. The first-order chi connectivity index (χ1) is 12.0. The molecule has 1 aromatic rings. The molecule has 4 unspecified atom stereocenters. The molecule has 1 aliphatic heterocycles. The second-order valence-corrected chi connectivity index (χ2v) is 6.17. The highest BCUT2D eigenvalue weighted by molar-refractivity contribution is 6.05. The number of nitro groups is 1. The molecule has 1 saturated carbocycles. The fraction of sp³-hybridized carbons (Fsp3) is 0.312. The predicted molar refractivity (Wildman–Crippen MR) is 79.8 cm³/mol. The van der Waals surface area contributed by atoms with Crippen LogP contribution < -0.4 is 4.74 Å². The summed E-state index contributed by atoms with van der Waals surface area (Å²) in [6, 6.07) is 4.74. The number of amides is 2. The van der Waals surface area contributed by atoms with E-state index in [-0.39, 0.29) is 23.3 Å². The van der Waals surface area contributed by atoms with Gasteiger partial charge in [0.05, 0.1) is 16.8 Å². The lowest BCUT2D eigenvalue weighted by atomic mass is 9.85. The molecule has 2 amide bonds. The Morgan fingerprint density at radius 2 is 1.64 bits per heavy atom. The van der Waals surface area contributed by atoms with Gasteiger partial charge in [0.25, 0.3) is 17.5 Å². The number of ether oxygens (including phenoxy) is 1. The van der Waals surface area contributed by atoms with Crippen molar-refractivity contribution >= 4 is 23.7 Å². The maximum absolute atomic E-state index is 12.4. The summed E-state index contributed by atoms with van der Waals surface area (Å²) in [4.78, 5) is 51.3. The number of nitrogens with zero attached hydrogens (tertiary/aromatic N) is 2. The Morgan fingerprint density at radius 1 is 1.08 bits per heavy atom. The maximum atomic E-state index is 12.4. The van der Waals surface area contributed by atoms with Crippen molar-refractivity contribution in [1.82, 2.24) is 5.06 Å². The molecule has 9 nitrogen and oxygen atoms in total. The molecule has 3 aliphatic rings. The number of hydrogen-bond donors (Lipinski definition) is 0. The monoisotopic (exact) mass is 344 g/mol. The van der Waals surface area contributed by atoms with Crippen molar-refractivity contribution in [1.29, 1.82) is 0 Å². The van der Waals surface area contributed by atoms with Gasteiger partial charge in [-0.1, -0.05) is 17.2 Å². The van der Waals surface area contributed by atoms with Gasteiger partial charge in [0, 0.05) is 12.1 Å². The SMILES string of the molecule is O=C(Oc1ccc([N+](=O)[O-])cc1)ON1C(=O)C2C3C=CC(C3)C2C1=O. The number of rotatable bonds is 3. The van der Waals surface area contributed by atoms with Crippen molar-refractivity contribution in [3.63, 3.8) is 0 Å². The molecule has 4 rings (SSSR count). The maximum Gasteiger partial charge on any atom is 0.539 e. The van der Waals surface area contributed by atoms with Crippen LogP contribution in [0.25, 0.3) is 0 Å². The van der Waals surface area contributed by atoms with Gasteiger partial charge < -0.3 is 4.74 Å². The van der Waals surface area contributed by atoms with E-state index in [0.717, 1.165) is 18.6 Å². The Labute approximate surface area is 140 Å². The van der Waals surface area contributed by atoms with E-state index in [1.165, 1.54) is 12.1 Å². The number of non-ortho nitro benzene ring substituents is 1. The summed E-state index contributed by atoms with van der Waals surface area (Å²) in [6.07, 6.45) is 3.37. The summed E-state index contributed by atoms with van der Waals surface area (Å²) >= 11 is 0. The second kappa shape index (κ2) is 5.40. The second-order valence-electron chi connectivity index (χ2n) is 6.17. The number of carbonyl (C=O) groups excluding carboxylic acids is 3. The molecule has 9 heteroatoms. The van der Waals surface area contributed by atoms with Crippen LogP contribution in [0.2, 0.25) is 0 Å². The molecule has 1 saturated heterocycles. The van der Waals surface area contributed by atoms with Gasteiger partial charge in [-0.25, -0.2) is 4.79 Å². The highest BCUT2D eigenvalue weighted by atomic mass is 16.8. The summed E-state index contributed by atoms with van der Waals surface area (Å²) in [7, 11) is 0. The molecule has 25 heavy (non-hydrogen) atoms. The first-order valence-corrected chi connectivity index (χ1v) is 7.66. The largest absolute Gasteiger partial charge is 0.539 e. The van der Waals surface area contributed by atoms with Crippen molar-refractivity contribution in [3.05, 3.63) is 46.5 Å². The summed E-state index contributed by atoms with van der Waals surface area (Å²) in [6.45, 7) is 0. The molecule has 4 atom stereocenters. The Bertz CT molecular complexity index is 786. The van der Waals surface area contributed by atoms with Gasteiger partial charge in [-0.15, -0.1) is 0 Å². The van der Waals surface area contributed by atoms with Crippen molar-refractivity contribution in [3.8, 4) is 5.75 Å². The summed E-state index contributed by atoms with van der Waals surface area (Å²) in [5.74, 6) is -2.02. The van der Waals surface area contributed by atoms with E-state index in [4.69, 9.17) is 9.57 Å². The van der Waals surface area contributed by atoms with Crippen LogP contribution in [0.15, 0.2) is 36.4 Å². The van der Waals surface area contributed by atoms with Gasteiger partial charge in [0.1, 0.15) is 5.75 Å². The van der Waals surface area contributed by atoms with E-state index < -0.39 is 34.7 Å². The number of hydroxylamine groups is 2. The third-order valence-corrected chi connectivity index (χ3v) is 4.84. The first kappa shape index (κ1) is 15.3. The van der Waals surface area contributed by atoms with Crippen molar-refractivity contribution < 1.29 is 28.9 Å². The lowest BCUT2D eigenvalue weighted by molar-refractivity contribution is -0.384. The van der Waals surface area contributed by atoms with Gasteiger partial charge in [-0.3, -0.25) is 24.5 Å². The molecule has 2 bridgehead atoms. The average Bonchev–Trinajstić information content (AvgIpc) is 3.25. The van der Waals surface area contributed by atoms with Crippen molar-refractivity contribution in [2.75, 3.05) is 0 Å². The van der Waals surface area contributed by atoms with Crippen LogP contribution >= 0.6 is 0 Å². The highest BCUT2D eigenvalue weighted by Gasteiger charge is 2.61. The molecular formula is C16H12N2O7. The Kier molecular flexibility index (Phi) is 3.31. The number of fused-ring (bicyclic) bond motifs is 5. The molecule has 0 spiro atoms. The number of allylic oxidation sites excluding steroid dienone is 2. The fourth-order valence-corrected chi connectivity index (χ4v) is 3.79. The van der Waals surface area contributed by atoms with E-state index in [0.29, 0.717) is 5.06 Å². The molecular weight excluding hydrogens is 332 g/mol. The zero-order valence-electron chi connectivity index (χ0n) is 12.7. The van der Waals surface area contributed by atoms with Gasteiger partial charge in [-0.05, 0) is 30.4 Å². The van der Waals surface area contributed by atoms with Gasteiger partial charge in [0.2, 0.25) is 0 Å². The number of nitro benzene ring substituents is 1. The lowest BCUT2D eigenvalue weighted by Gasteiger charge is -2.15. The minimum atomic E-state index is -1.25.